The molecule has 1 N–H and O–H groups in total. The Balaban J connectivity index is 1.78. The van der Waals surface area contributed by atoms with E-state index in [9.17, 15) is 14.7 Å². The van der Waals surface area contributed by atoms with Crippen LogP contribution >= 0.6 is 0 Å². The summed E-state index contributed by atoms with van der Waals surface area (Å²) in [6.45, 7) is 12.8. The SMILES string of the molecule is C=CCOc1cccc([C@@H]2C(=C(O)c3ccc4c(c3)C[C@@H](C)O4)C(=O)C(=O)N2CCN(CC)CC)c1. The fourth-order valence-corrected chi connectivity index (χ4v) is 4.90. The molecule has 0 spiro atoms. The third-order valence-electron chi connectivity index (χ3n) is 6.80. The first-order valence-corrected chi connectivity index (χ1v) is 12.5. The number of carbonyl (C=O) groups is 2. The molecule has 0 bridgehead atoms. The quantitative estimate of drug-likeness (QED) is 0.231. The predicted octanol–water partition coefficient (Wildman–Crippen LogP) is 4.34. The molecule has 0 aromatic heterocycles. The van der Waals surface area contributed by atoms with Crippen molar-refractivity contribution in [3.05, 3.63) is 77.4 Å². The largest absolute Gasteiger partial charge is 0.507 e. The Kier molecular flexibility index (Phi) is 7.79. The van der Waals surface area contributed by atoms with Crippen molar-refractivity contribution in [3.8, 4) is 11.5 Å². The maximum atomic E-state index is 13.3. The second-order valence-electron chi connectivity index (χ2n) is 9.15. The van der Waals surface area contributed by atoms with Crippen LogP contribution in [0.15, 0.2) is 60.7 Å². The molecule has 2 aliphatic rings. The lowest BCUT2D eigenvalue weighted by Gasteiger charge is -2.28. The number of likely N-dealkylation sites (tertiary alicyclic amines) is 1. The molecule has 0 aliphatic carbocycles. The molecule has 2 aromatic carbocycles. The molecule has 1 saturated heterocycles. The number of ether oxygens (including phenoxy) is 2. The molecule has 36 heavy (non-hydrogen) atoms. The first kappa shape index (κ1) is 25.5. The van der Waals surface area contributed by atoms with E-state index in [4.69, 9.17) is 9.47 Å². The van der Waals surface area contributed by atoms with Crippen LogP contribution in [-0.4, -0.2) is 65.5 Å². The number of carbonyl (C=O) groups excluding carboxylic acids is 2. The number of benzene rings is 2. The second kappa shape index (κ2) is 11.0. The summed E-state index contributed by atoms with van der Waals surface area (Å²) >= 11 is 0. The molecule has 1 fully saturated rings. The molecular formula is C29H34N2O5. The summed E-state index contributed by atoms with van der Waals surface area (Å²) in [4.78, 5) is 30.4. The van der Waals surface area contributed by atoms with E-state index in [1.807, 2.05) is 43.3 Å². The molecule has 190 valence electrons. The zero-order valence-electron chi connectivity index (χ0n) is 21.2. The van der Waals surface area contributed by atoms with E-state index in [-0.39, 0.29) is 17.4 Å². The summed E-state index contributed by atoms with van der Waals surface area (Å²) in [6.07, 6.45) is 2.43. The first-order valence-electron chi connectivity index (χ1n) is 12.5. The number of fused-ring (bicyclic) bond motifs is 1. The van der Waals surface area contributed by atoms with Crippen molar-refractivity contribution in [1.82, 2.24) is 9.80 Å². The van der Waals surface area contributed by atoms with Crippen LogP contribution in [0.1, 0.15) is 43.5 Å². The number of nitrogens with zero attached hydrogens (tertiary/aromatic N) is 2. The highest BCUT2D eigenvalue weighted by Gasteiger charge is 2.46. The Bertz CT molecular complexity index is 1180. The lowest BCUT2D eigenvalue weighted by Crippen LogP contribution is -2.38. The fourth-order valence-electron chi connectivity index (χ4n) is 4.90. The van der Waals surface area contributed by atoms with E-state index in [1.54, 1.807) is 17.0 Å². The van der Waals surface area contributed by atoms with Crippen LogP contribution in [0, 0.1) is 0 Å². The van der Waals surface area contributed by atoms with E-state index in [2.05, 4.69) is 25.3 Å². The van der Waals surface area contributed by atoms with Crippen molar-refractivity contribution >= 4 is 17.4 Å². The van der Waals surface area contributed by atoms with Gasteiger partial charge in [0.05, 0.1) is 11.6 Å². The summed E-state index contributed by atoms with van der Waals surface area (Å²) in [7, 11) is 0. The summed E-state index contributed by atoms with van der Waals surface area (Å²) in [5.74, 6) is -0.0833. The first-order chi connectivity index (χ1) is 17.4. The molecule has 7 heteroatoms. The van der Waals surface area contributed by atoms with Gasteiger partial charge in [-0.15, -0.1) is 0 Å². The van der Waals surface area contributed by atoms with Gasteiger partial charge in [0, 0.05) is 25.1 Å². The summed E-state index contributed by atoms with van der Waals surface area (Å²) in [5, 5.41) is 11.4. The number of hydrogen-bond donors (Lipinski definition) is 1. The molecule has 7 nitrogen and oxygen atoms in total. The molecule has 4 rings (SSSR count). The average Bonchev–Trinajstić information content (AvgIpc) is 3.38. The Morgan fingerprint density at radius 1 is 1.22 bits per heavy atom. The minimum absolute atomic E-state index is 0.0568. The monoisotopic (exact) mass is 490 g/mol. The van der Waals surface area contributed by atoms with Crippen LogP contribution < -0.4 is 9.47 Å². The maximum Gasteiger partial charge on any atom is 0.295 e. The molecule has 1 amide bonds. The number of aliphatic hydroxyl groups is 1. The molecule has 0 saturated carbocycles. The molecule has 0 unspecified atom stereocenters. The van der Waals surface area contributed by atoms with Gasteiger partial charge in [-0.25, -0.2) is 0 Å². The van der Waals surface area contributed by atoms with E-state index >= 15 is 0 Å². The smallest absolute Gasteiger partial charge is 0.295 e. The van der Waals surface area contributed by atoms with Gasteiger partial charge in [0.1, 0.15) is 30.0 Å². The van der Waals surface area contributed by atoms with Crippen molar-refractivity contribution in [2.45, 2.75) is 39.3 Å². The zero-order chi connectivity index (χ0) is 25.8. The molecular weight excluding hydrogens is 456 g/mol. The third-order valence-corrected chi connectivity index (χ3v) is 6.80. The lowest BCUT2D eigenvalue weighted by molar-refractivity contribution is -0.140. The van der Waals surface area contributed by atoms with Crippen LogP contribution in [0.2, 0.25) is 0 Å². The molecule has 2 heterocycles. The van der Waals surface area contributed by atoms with Crippen LogP contribution in [0.25, 0.3) is 5.76 Å². The van der Waals surface area contributed by atoms with Gasteiger partial charge in [0.15, 0.2) is 0 Å². The van der Waals surface area contributed by atoms with Gasteiger partial charge in [-0.05, 0) is 61.5 Å². The van der Waals surface area contributed by atoms with Crippen molar-refractivity contribution in [3.63, 3.8) is 0 Å². The Labute approximate surface area is 212 Å². The topological polar surface area (TPSA) is 79.3 Å². The summed E-state index contributed by atoms with van der Waals surface area (Å²) in [6, 6.07) is 12.0. The molecule has 2 atom stereocenters. The van der Waals surface area contributed by atoms with E-state index < -0.39 is 17.7 Å². The Morgan fingerprint density at radius 2 is 2.00 bits per heavy atom. The number of amides is 1. The standard InChI is InChI=1S/C29H34N2O5/c1-5-15-35-23-10-8-9-20(18-23)26-25(28(33)29(34)31(26)14-13-30(6-2)7-3)27(32)21-11-12-24-22(17-21)16-19(4)36-24/h5,8-12,17-19,26,32H,1,6-7,13-16H2,2-4H3/t19-,26-/m1/s1. The fraction of sp³-hybridized carbons (Fsp3) is 0.379. The van der Waals surface area contributed by atoms with Gasteiger partial charge in [-0.2, -0.15) is 0 Å². The van der Waals surface area contributed by atoms with Crippen molar-refractivity contribution < 1.29 is 24.2 Å². The van der Waals surface area contributed by atoms with E-state index in [0.717, 1.165) is 30.8 Å². The highest BCUT2D eigenvalue weighted by molar-refractivity contribution is 6.46. The van der Waals surface area contributed by atoms with Gasteiger partial charge < -0.3 is 24.4 Å². The van der Waals surface area contributed by atoms with Gasteiger partial charge in [-0.3, -0.25) is 9.59 Å². The van der Waals surface area contributed by atoms with Crippen LogP contribution in [0.3, 0.4) is 0 Å². The highest BCUT2D eigenvalue weighted by Crippen LogP contribution is 2.41. The Hall–Kier alpha value is -3.58. The maximum absolute atomic E-state index is 13.3. The van der Waals surface area contributed by atoms with Gasteiger partial charge in [-0.1, -0.05) is 38.6 Å². The van der Waals surface area contributed by atoms with Crippen LogP contribution in [0.4, 0.5) is 0 Å². The number of likely N-dealkylation sites (N-methyl/N-ethyl adjacent to an activating group) is 1. The van der Waals surface area contributed by atoms with Gasteiger partial charge in [0.25, 0.3) is 11.7 Å². The third kappa shape index (κ3) is 5.02. The summed E-state index contributed by atoms with van der Waals surface area (Å²) in [5.41, 5.74) is 2.26. The van der Waals surface area contributed by atoms with Crippen LogP contribution in [-0.2, 0) is 16.0 Å². The number of Topliss-reactive ketones (excluding diaryl/α,β-unsaturated/α-hetero) is 1. The normalized spacial score (nSPS) is 20.5. The minimum atomic E-state index is -0.726. The number of ketones is 1. The van der Waals surface area contributed by atoms with Crippen molar-refractivity contribution in [2.24, 2.45) is 0 Å². The zero-order valence-corrected chi connectivity index (χ0v) is 21.2. The molecule has 0 radical (unpaired) electrons. The average molecular weight is 491 g/mol. The van der Waals surface area contributed by atoms with Crippen LogP contribution in [0.5, 0.6) is 11.5 Å². The molecule has 2 aliphatic heterocycles. The van der Waals surface area contributed by atoms with E-state index in [0.29, 0.717) is 36.6 Å². The van der Waals surface area contributed by atoms with Gasteiger partial charge in [0.2, 0.25) is 0 Å². The summed E-state index contributed by atoms with van der Waals surface area (Å²) < 4.78 is 11.5. The highest BCUT2D eigenvalue weighted by atomic mass is 16.5. The number of rotatable bonds is 10. The Morgan fingerprint density at radius 3 is 2.72 bits per heavy atom. The molecule has 2 aromatic rings. The van der Waals surface area contributed by atoms with Gasteiger partial charge >= 0.3 is 0 Å². The van der Waals surface area contributed by atoms with E-state index in [1.165, 1.54) is 0 Å². The lowest BCUT2D eigenvalue weighted by atomic mass is 9.94. The van der Waals surface area contributed by atoms with Crippen molar-refractivity contribution in [2.75, 3.05) is 32.8 Å². The number of aliphatic hydroxyl groups excluding tert-OH is 1. The second-order valence-corrected chi connectivity index (χ2v) is 9.15. The number of hydrogen-bond acceptors (Lipinski definition) is 6. The minimum Gasteiger partial charge on any atom is -0.507 e. The van der Waals surface area contributed by atoms with Crippen molar-refractivity contribution in [1.29, 1.82) is 0 Å². The predicted molar refractivity (Wildman–Crippen MR) is 139 cm³/mol.